The van der Waals surface area contributed by atoms with Crippen molar-refractivity contribution in [3.8, 4) is 0 Å². The van der Waals surface area contributed by atoms with E-state index in [9.17, 15) is 9.59 Å². The van der Waals surface area contributed by atoms with Gasteiger partial charge in [-0.15, -0.1) is 0 Å². The van der Waals surface area contributed by atoms with Gasteiger partial charge in [0.05, 0.1) is 18.3 Å². The lowest BCUT2D eigenvalue weighted by Crippen LogP contribution is -2.52. The minimum absolute atomic E-state index is 0.122. The van der Waals surface area contributed by atoms with E-state index < -0.39 is 5.41 Å². The Labute approximate surface area is 175 Å². The summed E-state index contributed by atoms with van der Waals surface area (Å²) in [6, 6.07) is 0. The molecule has 0 unspecified atom stereocenters. The number of allylic oxidation sites excluding steroid dienone is 4. The maximum absolute atomic E-state index is 13.1. The Bertz CT molecular complexity index is 785. The highest BCUT2D eigenvalue weighted by Crippen LogP contribution is 2.64. The Morgan fingerprint density at radius 3 is 2.55 bits per heavy atom. The fraction of sp³-hybridized carbons (Fsp3) is 0.760. The highest BCUT2D eigenvalue weighted by molar-refractivity contribution is 5.89. The first-order chi connectivity index (χ1) is 13.5. The molecule has 0 aromatic carbocycles. The number of hydrogen-bond acceptors (Lipinski definition) is 4. The standard InChI is InChI=1S/C25H36O4/c1-23(2,3)22(27)29-19-14-20(26)25(5)12-10-18-17(21(19)25)8-7-15-13-16(28-6)9-11-24(15,18)4/h7,13,17-19,21H,8-12,14H2,1-6H3/t17-,18+,19+,21-,24+,25-/m1/s1. The molecule has 6 atom stereocenters. The Morgan fingerprint density at radius 2 is 1.90 bits per heavy atom. The van der Waals surface area contributed by atoms with Crippen LogP contribution in [0.3, 0.4) is 0 Å². The van der Waals surface area contributed by atoms with E-state index in [1.54, 1.807) is 7.11 Å². The first-order valence-electron chi connectivity index (χ1n) is 11.2. The van der Waals surface area contributed by atoms with Crippen LogP contribution in [0.15, 0.2) is 23.5 Å². The summed E-state index contributed by atoms with van der Waals surface area (Å²) in [4.78, 5) is 25.7. The third kappa shape index (κ3) is 3.09. The molecule has 0 spiro atoms. The summed E-state index contributed by atoms with van der Waals surface area (Å²) in [5.41, 5.74) is 0.620. The van der Waals surface area contributed by atoms with Crippen molar-refractivity contribution < 1.29 is 19.1 Å². The summed E-state index contributed by atoms with van der Waals surface area (Å²) >= 11 is 0. The van der Waals surface area contributed by atoms with Crippen LogP contribution in [0.1, 0.15) is 73.1 Å². The molecule has 0 aromatic rings. The molecule has 4 rings (SSSR count). The number of fused-ring (bicyclic) bond motifs is 5. The zero-order chi connectivity index (χ0) is 21.2. The number of carbonyl (C=O) groups is 2. The quantitative estimate of drug-likeness (QED) is 0.596. The molecule has 0 aromatic heterocycles. The second-order valence-electron chi connectivity index (χ2n) is 11.2. The van der Waals surface area contributed by atoms with E-state index in [1.807, 2.05) is 20.8 Å². The van der Waals surface area contributed by atoms with Gasteiger partial charge in [-0.1, -0.05) is 19.9 Å². The van der Waals surface area contributed by atoms with E-state index >= 15 is 0 Å². The zero-order valence-electron chi connectivity index (χ0n) is 18.8. The predicted molar refractivity (Wildman–Crippen MR) is 112 cm³/mol. The summed E-state index contributed by atoms with van der Waals surface area (Å²) in [6.07, 6.45) is 9.71. The van der Waals surface area contributed by atoms with Crippen molar-refractivity contribution in [3.63, 3.8) is 0 Å². The molecule has 0 radical (unpaired) electrons. The smallest absolute Gasteiger partial charge is 0.311 e. The Balaban J connectivity index is 1.68. The molecule has 4 nitrogen and oxygen atoms in total. The summed E-state index contributed by atoms with van der Waals surface area (Å²) < 4.78 is 11.6. The van der Waals surface area contributed by atoms with Crippen LogP contribution in [0.2, 0.25) is 0 Å². The van der Waals surface area contributed by atoms with Gasteiger partial charge in [-0.3, -0.25) is 9.59 Å². The third-order valence-corrected chi connectivity index (χ3v) is 8.54. The monoisotopic (exact) mass is 400 g/mol. The van der Waals surface area contributed by atoms with Gasteiger partial charge in [-0.2, -0.15) is 0 Å². The molecule has 0 amide bonds. The maximum Gasteiger partial charge on any atom is 0.311 e. The van der Waals surface area contributed by atoms with Crippen molar-refractivity contribution in [2.45, 2.75) is 79.2 Å². The lowest BCUT2D eigenvalue weighted by atomic mass is 9.48. The van der Waals surface area contributed by atoms with Crippen LogP contribution in [0, 0.1) is 34.0 Å². The van der Waals surface area contributed by atoms with Crippen LogP contribution in [-0.2, 0) is 19.1 Å². The maximum atomic E-state index is 13.1. The van der Waals surface area contributed by atoms with E-state index in [-0.39, 0.29) is 34.6 Å². The average molecular weight is 401 g/mol. The number of rotatable bonds is 2. The first kappa shape index (κ1) is 20.7. The fourth-order valence-corrected chi connectivity index (χ4v) is 6.70. The van der Waals surface area contributed by atoms with E-state index in [0.29, 0.717) is 18.3 Å². The van der Waals surface area contributed by atoms with Crippen LogP contribution in [0.5, 0.6) is 0 Å². The van der Waals surface area contributed by atoms with Crippen molar-refractivity contribution in [1.29, 1.82) is 0 Å². The molecular formula is C25H36O4. The second-order valence-corrected chi connectivity index (χ2v) is 11.2. The van der Waals surface area contributed by atoms with Gasteiger partial charge in [0.15, 0.2) is 0 Å². The summed E-state index contributed by atoms with van der Waals surface area (Å²) in [6.45, 7) is 10.2. The van der Waals surface area contributed by atoms with Gasteiger partial charge in [0.25, 0.3) is 0 Å². The van der Waals surface area contributed by atoms with E-state index in [4.69, 9.17) is 9.47 Å². The SMILES string of the molecule is COC1=CC2=CC[C@H]3[C@@H]4[C@@H](OC(=O)C(C)(C)C)CC(=O)[C@@]4(C)CC[C@@H]3[C@@]2(C)CC1. The van der Waals surface area contributed by atoms with Crippen LogP contribution in [0.4, 0.5) is 0 Å². The summed E-state index contributed by atoms with van der Waals surface area (Å²) in [5.74, 6) is 2.22. The van der Waals surface area contributed by atoms with Gasteiger partial charge >= 0.3 is 5.97 Å². The molecular weight excluding hydrogens is 364 g/mol. The van der Waals surface area contributed by atoms with E-state index in [2.05, 4.69) is 26.0 Å². The number of hydrogen-bond donors (Lipinski definition) is 0. The molecule has 4 aliphatic rings. The van der Waals surface area contributed by atoms with Crippen LogP contribution >= 0.6 is 0 Å². The summed E-state index contributed by atoms with van der Waals surface area (Å²) in [7, 11) is 1.75. The third-order valence-electron chi connectivity index (χ3n) is 8.54. The predicted octanol–water partition coefficient (Wildman–Crippen LogP) is 5.23. The number of Topliss-reactive ketones (excluding diaryl/α,β-unsaturated/α-hetero) is 1. The summed E-state index contributed by atoms with van der Waals surface area (Å²) in [5, 5.41) is 0. The lowest BCUT2D eigenvalue weighted by molar-refractivity contribution is -0.166. The fourth-order valence-electron chi connectivity index (χ4n) is 6.70. The lowest BCUT2D eigenvalue weighted by Gasteiger charge is -2.56. The van der Waals surface area contributed by atoms with E-state index in [1.165, 1.54) is 5.57 Å². The Kier molecular flexibility index (Phi) is 4.79. The van der Waals surface area contributed by atoms with Crippen LogP contribution in [-0.4, -0.2) is 25.0 Å². The van der Waals surface area contributed by atoms with E-state index in [0.717, 1.165) is 37.9 Å². The van der Waals surface area contributed by atoms with Gasteiger partial charge < -0.3 is 9.47 Å². The number of methoxy groups -OCH3 is 1. The minimum atomic E-state index is -0.549. The van der Waals surface area contributed by atoms with Crippen LogP contribution in [0.25, 0.3) is 0 Å². The van der Waals surface area contributed by atoms with Crippen LogP contribution < -0.4 is 0 Å². The van der Waals surface area contributed by atoms with Gasteiger partial charge in [0.1, 0.15) is 11.9 Å². The molecule has 0 saturated heterocycles. The molecule has 0 aliphatic heterocycles. The second kappa shape index (κ2) is 6.72. The highest BCUT2D eigenvalue weighted by Gasteiger charge is 2.62. The molecule has 0 heterocycles. The van der Waals surface area contributed by atoms with Crippen molar-refractivity contribution in [1.82, 2.24) is 0 Å². The minimum Gasteiger partial charge on any atom is -0.501 e. The van der Waals surface area contributed by atoms with Gasteiger partial charge in [0.2, 0.25) is 0 Å². The highest BCUT2D eigenvalue weighted by atomic mass is 16.5. The molecule has 0 N–H and O–H groups in total. The molecule has 4 heteroatoms. The van der Waals surface area contributed by atoms with Crippen molar-refractivity contribution in [2.24, 2.45) is 34.0 Å². The van der Waals surface area contributed by atoms with Crippen molar-refractivity contribution in [2.75, 3.05) is 7.11 Å². The normalized spacial score (nSPS) is 41.5. The zero-order valence-corrected chi connectivity index (χ0v) is 18.8. The van der Waals surface area contributed by atoms with Gasteiger partial charge in [0, 0.05) is 24.2 Å². The number of ether oxygens (including phenoxy) is 2. The largest absolute Gasteiger partial charge is 0.501 e. The average Bonchev–Trinajstić information content (AvgIpc) is 2.90. The molecule has 160 valence electrons. The topological polar surface area (TPSA) is 52.6 Å². The molecule has 2 fully saturated rings. The molecule has 0 bridgehead atoms. The Hall–Kier alpha value is -1.58. The molecule has 29 heavy (non-hydrogen) atoms. The Morgan fingerprint density at radius 1 is 1.17 bits per heavy atom. The van der Waals surface area contributed by atoms with Gasteiger partial charge in [-0.25, -0.2) is 0 Å². The molecule has 4 aliphatic carbocycles. The van der Waals surface area contributed by atoms with Gasteiger partial charge in [-0.05, 0) is 75.4 Å². The van der Waals surface area contributed by atoms with Crippen molar-refractivity contribution in [3.05, 3.63) is 23.5 Å². The first-order valence-corrected chi connectivity index (χ1v) is 11.2. The molecule has 2 saturated carbocycles. The van der Waals surface area contributed by atoms with Crippen molar-refractivity contribution >= 4 is 11.8 Å². The number of esters is 1. The number of ketones is 1. The number of carbonyl (C=O) groups excluding carboxylic acids is 2.